The van der Waals surface area contributed by atoms with Gasteiger partial charge in [0.2, 0.25) is 5.88 Å². The van der Waals surface area contributed by atoms with Gasteiger partial charge in [-0.3, -0.25) is 9.36 Å². The Morgan fingerprint density at radius 3 is 2.42 bits per heavy atom. The first kappa shape index (κ1) is 16.1. The van der Waals surface area contributed by atoms with Crippen molar-refractivity contribution in [3.63, 3.8) is 0 Å². The number of aromatic nitrogens is 1. The van der Waals surface area contributed by atoms with Crippen molar-refractivity contribution in [2.45, 2.75) is 0 Å². The van der Waals surface area contributed by atoms with Crippen molar-refractivity contribution in [1.29, 1.82) is 0 Å². The topological polar surface area (TPSA) is 49.7 Å². The molecule has 0 saturated heterocycles. The van der Waals surface area contributed by atoms with Crippen molar-refractivity contribution < 1.29 is 14.2 Å². The van der Waals surface area contributed by atoms with E-state index in [4.69, 9.17) is 14.2 Å². The molecule has 0 radical (unpaired) electrons. The van der Waals surface area contributed by atoms with Crippen molar-refractivity contribution in [3.05, 3.63) is 58.9 Å². The Morgan fingerprint density at radius 1 is 1.00 bits per heavy atom. The third kappa shape index (κ3) is 2.74. The molecule has 0 aliphatic carbocycles. The lowest BCUT2D eigenvalue weighted by molar-refractivity contribution is 0.0455. The van der Waals surface area contributed by atoms with Gasteiger partial charge in [0.05, 0.1) is 12.7 Å². The first-order valence-corrected chi connectivity index (χ1v) is 7.55. The van der Waals surface area contributed by atoms with E-state index in [0.717, 1.165) is 16.5 Å². The number of pyridine rings is 1. The summed E-state index contributed by atoms with van der Waals surface area (Å²) < 4.78 is 17.6. The molecular formula is C19H19NO4. The van der Waals surface area contributed by atoms with Crippen LogP contribution in [0.2, 0.25) is 0 Å². The van der Waals surface area contributed by atoms with E-state index < -0.39 is 0 Å². The quantitative estimate of drug-likeness (QED) is 0.676. The molecule has 0 fully saturated rings. The minimum atomic E-state index is -0.126. The Bertz CT molecular complexity index is 916. The number of benzene rings is 2. The molecule has 0 aliphatic heterocycles. The largest absolute Gasteiger partial charge is 0.497 e. The molecule has 3 aromatic rings. The van der Waals surface area contributed by atoms with E-state index in [1.807, 2.05) is 36.4 Å². The van der Waals surface area contributed by atoms with Crippen LogP contribution in [0.25, 0.3) is 21.9 Å². The second-order valence-corrected chi connectivity index (χ2v) is 5.37. The molecule has 24 heavy (non-hydrogen) atoms. The Labute approximate surface area is 140 Å². The second kappa shape index (κ2) is 6.76. The van der Waals surface area contributed by atoms with Crippen molar-refractivity contribution in [1.82, 2.24) is 4.57 Å². The number of rotatable bonds is 5. The summed E-state index contributed by atoms with van der Waals surface area (Å²) in [5, 5.41) is 1.40. The Hall–Kier alpha value is -2.79. The van der Waals surface area contributed by atoms with Gasteiger partial charge in [-0.15, -0.1) is 0 Å². The highest BCUT2D eigenvalue weighted by atomic mass is 16.7. The molecule has 124 valence electrons. The Balaban J connectivity index is 2.42. The van der Waals surface area contributed by atoms with Crippen LogP contribution in [-0.4, -0.2) is 25.6 Å². The summed E-state index contributed by atoms with van der Waals surface area (Å²) in [6.45, 7) is 0.0581. The summed E-state index contributed by atoms with van der Waals surface area (Å²) in [5.41, 5.74) is 1.67. The van der Waals surface area contributed by atoms with Gasteiger partial charge in [0.1, 0.15) is 5.75 Å². The van der Waals surface area contributed by atoms with E-state index in [2.05, 4.69) is 0 Å². The molecule has 0 atom stereocenters. The minimum Gasteiger partial charge on any atom is -0.497 e. The molecule has 0 bridgehead atoms. The maximum absolute atomic E-state index is 12.7. The molecule has 0 N–H and O–H groups in total. The molecule has 1 aromatic heterocycles. The molecular weight excluding hydrogens is 306 g/mol. The van der Waals surface area contributed by atoms with E-state index in [9.17, 15) is 4.79 Å². The minimum absolute atomic E-state index is 0.0581. The molecule has 0 saturated carbocycles. The van der Waals surface area contributed by atoms with Gasteiger partial charge in [-0.05, 0) is 23.8 Å². The third-order valence-corrected chi connectivity index (χ3v) is 3.93. The number of ether oxygens (including phenoxy) is 3. The zero-order valence-electron chi connectivity index (χ0n) is 13.9. The average Bonchev–Trinajstić information content (AvgIpc) is 2.63. The summed E-state index contributed by atoms with van der Waals surface area (Å²) >= 11 is 0. The van der Waals surface area contributed by atoms with Gasteiger partial charge >= 0.3 is 0 Å². The summed E-state index contributed by atoms with van der Waals surface area (Å²) in [4.78, 5) is 12.7. The van der Waals surface area contributed by atoms with Crippen LogP contribution in [0.15, 0.2) is 53.3 Å². The first-order valence-electron chi connectivity index (χ1n) is 7.55. The second-order valence-electron chi connectivity index (χ2n) is 5.37. The molecule has 0 amide bonds. The smallest absolute Gasteiger partial charge is 0.260 e. The maximum atomic E-state index is 12.7. The lowest BCUT2D eigenvalue weighted by Crippen LogP contribution is -2.21. The normalized spacial score (nSPS) is 10.8. The number of hydrogen-bond donors (Lipinski definition) is 0. The van der Waals surface area contributed by atoms with Gasteiger partial charge in [0, 0.05) is 24.9 Å². The Kier molecular flexibility index (Phi) is 4.53. The molecule has 0 spiro atoms. The highest BCUT2D eigenvalue weighted by Crippen LogP contribution is 2.36. The SMILES string of the molecule is COCOc1c(-c2ccccc2)c2cc(OC)ccc2c(=O)n1C. The van der Waals surface area contributed by atoms with Crippen LogP contribution in [0.1, 0.15) is 0 Å². The molecule has 3 rings (SSSR count). The van der Waals surface area contributed by atoms with Crippen LogP contribution in [0, 0.1) is 0 Å². The molecule has 2 aromatic carbocycles. The average molecular weight is 325 g/mol. The van der Waals surface area contributed by atoms with Crippen molar-refractivity contribution in [2.24, 2.45) is 7.05 Å². The zero-order chi connectivity index (χ0) is 17.1. The van der Waals surface area contributed by atoms with Crippen LogP contribution in [-0.2, 0) is 11.8 Å². The van der Waals surface area contributed by atoms with Crippen LogP contribution in [0.4, 0.5) is 0 Å². The molecule has 1 heterocycles. The van der Waals surface area contributed by atoms with Gasteiger partial charge in [-0.2, -0.15) is 0 Å². The zero-order valence-corrected chi connectivity index (χ0v) is 13.9. The van der Waals surface area contributed by atoms with Crippen molar-refractivity contribution in [3.8, 4) is 22.8 Å². The van der Waals surface area contributed by atoms with Crippen molar-refractivity contribution in [2.75, 3.05) is 21.0 Å². The Morgan fingerprint density at radius 2 is 1.75 bits per heavy atom. The lowest BCUT2D eigenvalue weighted by atomic mass is 9.99. The standard InChI is InChI=1S/C19H19NO4/c1-20-18(21)15-10-9-14(23-3)11-16(15)17(19(20)24-12-22-2)13-7-5-4-6-8-13/h4-11H,12H2,1-3H3. The third-order valence-electron chi connectivity index (χ3n) is 3.93. The fraction of sp³-hybridized carbons (Fsp3) is 0.211. The van der Waals surface area contributed by atoms with Crippen LogP contribution < -0.4 is 15.0 Å². The van der Waals surface area contributed by atoms with Gasteiger partial charge in [-0.25, -0.2) is 0 Å². The predicted molar refractivity (Wildman–Crippen MR) is 93.7 cm³/mol. The highest BCUT2D eigenvalue weighted by molar-refractivity contribution is 5.99. The number of fused-ring (bicyclic) bond motifs is 1. The number of hydrogen-bond acceptors (Lipinski definition) is 4. The van der Waals surface area contributed by atoms with Gasteiger partial charge in [0.15, 0.2) is 6.79 Å². The first-order chi connectivity index (χ1) is 11.7. The molecule has 0 unspecified atom stereocenters. The highest BCUT2D eigenvalue weighted by Gasteiger charge is 2.18. The van der Waals surface area contributed by atoms with E-state index in [0.29, 0.717) is 17.0 Å². The fourth-order valence-electron chi connectivity index (χ4n) is 2.77. The summed E-state index contributed by atoms with van der Waals surface area (Å²) in [6.07, 6.45) is 0. The van der Waals surface area contributed by atoms with E-state index in [1.54, 1.807) is 33.4 Å². The van der Waals surface area contributed by atoms with Crippen LogP contribution in [0.3, 0.4) is 0 Å². The van der Waals surface area contributed by atoms with Crippen LogP contribution >= 0.6 is 0 Å². The van der Waals surface area contributed by atoms with E-state index in [1.165, 1.54) is 4.57 Å². The fourth-order valence-corrected chi connectivity index (χ4v) is 2.77. The summed E-state index contributed by atoms with van der Waals surface area (Å²) in [5.74, 6) is 1.15. The molecule has 5 nitrogen and oxygen atoms in total. The summed E-state index contributed by atoms with van der Waals surface area (Å²) in [7, 11) is 4.85. The predicted octanol–water partition coefficient (Wildman–Crippen LogP) is 3.20. The molecule has 5 heteroatoms. The number of methoxy groups -OCH3 is 2. The van der Waals surface area contributed by atoms with Gasteiger partial charge in [-0.1, -0.05) is 30.3 Å². The van der Waals surface area contributed by atoms with E-state index in [-0.39, 0.29) is 12.4 Å². The monoisotopic (exact) mass is 325 g/mol. The maximum Gasteiger partial charge on any atom is 0.260 e. The lowest BCUT2D eigenvalue weighted by Gasteiger charge is -2.18. The number of nitrogens with zero attached hydrogens (tertiary/aromatic N) is 1. The van der Waals surface area contributed by atoms with Gasteiger partial charge < -0.3 is 14.2 Å². The van der Waals surface area contributed by atoms with Crippen LogP contribution in [0.5, 0.6) is 11.6 Å². The van der Waals surface area contributed by atoms with Crippen molar-refractivity contribution >= 4 is 10.8 Å². The van der Waals surface area contributed by atoms with Gasteiger partial charge in [0.25, 0.3) is 5.56 Å². The van der Waals surface area contributed by atoms with E-state index >= 15 is 0 Å². The molecule has 0 aliphatic rings. The summed E-state index contributed by atoms with van der Waals surface area (Å²) in [6, 6.07) is 15.2.